The van der Waals surface area contributed by atoms with Gasteiger partial charge in [-0.3, -0.25) is 9.59 Å². The van der Waals surface area contributed by atoms with Crippen LogP contribution in [0.4, 0.5) is 0 Å². The molecule has 0 unspecified atom stereocenters. The minimum absolute atomic E-state index is 0.0767. The van der Waals surface area contributed by atoms with Crippen LogP contribution >= 0.6 is 0 Å². The Bertz CT molecular complexity index is 1290. The summed E-state index contributed by atoms with van der Waals surface area (Å²) in [4.78, 5) is 35.0. The second-order valence-electron chi connectivity index (χ2n) is 8.44. The van der Waals surface area contributed by atoms with Crippen LogP contribution in [0.1, 0.15) is 45.3 Å². The van der Waals surface area contributed by atoms with Crippen LogP contribution in [0.5, 0.6) is 0 Å². The van der Waals surface area contributed by atoms with E-state index in [0.29, 0.717) is 18.7 Å². The van der Waals surface area contributed by atoms with Crippen molar-refractivity contribution in [1.82, 2.24) is 20.2 Å². The molecule has 4 aromatic rings. The summed E-state index contributed by atoms with van der Waals surface area (Å²) in [5, 5.41) is 2.64. The lowest BCUT2D eigenvalue weighted by Gasteiger charge is -2.31. The van der Waals surface area contributed by atoms with E-state index in [4.69, 9.17) is 4.98 Å². The largest absolute Gasteiger partial charge is 0.355 e. The molecule has 1 aliphatic rings. The zero-order chi connectivity index (χ0) is 22.8. The lowest BCUT2D eigenvalue weighted by molar-refractivity contribution is 0.0711. The van der Waals surface area contributed by atoms with Gasteiger partial charge in [0.05, 0.1) is 11.0 Å². The summed E-state index contributed by atoms with van der Waals surface area (Å²) in [5.41, 5.74) is 5.29. The predicted octanol–water partition coefficient (Wildman–Crippen LogP) is 4.61. The van der Waals surface area contributed by atoms with Gasteiger partial charge in [0, 0.05) is 37.2 Å². The molecule has 2 heterocycles. The molecule has 6 heteroatoms. The highest BCUT2D eigenvalue weighted by Crippen LogP contribution is 2.29. The summed E-state index contributed by atoms with van der Waals surface area (Å²) in [6, 6.07) is 23.5. The lowest BCUT2D eigenvalue weighted by atomic mass is 9.95. The number of piperidine rings is 1. The Balaban J connectivity index is 1.24. The lowest BCUT2D eigenvalue weighted by Crippen LogP contribution is -2.38. The van der Waals surface area contributed by atoms with Gasteiger partial charge in [-0.1, -0.05) is 42.5 Å². The fourth-order valence-corrected chi connectivity index (χ4v) is 4.48. The van der Waals surface area contributed by atoms with E-state index in [1.165, 1.54) is 0 Å². The Morgan fingerprint density at radius 1 is 0.909 bits per heavy atom. The maximum atomic E-state index is 13.0. The Hall–Kier alpha value is -3.93. The van der Waals surface area contributed by atoms with Crippen molar-refractivity contribution < 1.29 is 9.59 Å². The number of carbonyl (C=O) groups is 2. The molecule has 1 aliphatic heterocycles. The highest BCUT2D eigenvalue weighted by molar-refractivity contribution is 5.97. The van der Waals surface area contributed by atoms with E-state index < -0.39 is 0 Å². The minimum atomic E-state index is -0.120. The van der Waals surface area contributed by atoms with Crippen molar-refractivity contribution in [1.29, 1.82) is 0 Å². The number of nitrogens with one attached hydrogen (secondary N) is 2. The Labute approximate surface area is 192 Å². The van der Waals surface area contributed by atoms with Gasteiger partial charge in [-0.05, 0) is 54.3 Å². The molecule has 0 spiro atoms. The Morgan fingerprint density at radius 3 is 2.27 bits per heavy atom. The fraction of sp³-hybridized carbons (Fsp3) is 0.222. The first-order valence-corrected chi connectivity index (χ1v) is 11.3. The van der Waals surface area contributed by atoms with Gasteiger partial charge in [-0.25, -0.2) is 4.98 Å². The van der Waals surface area contributed by atoms with Gasteiger partial charge in [0.2, 0.25) is 0 Å². The Morgan fingerprint density at radius 2 is 1.58 bits per heavy atom. The molecular weight excluding hydrogens is 412 g/mol. The molecular formula is C27H26N4O2. The van der Waals surface area contributed by atoms with Crippen molar-refractivity contribution in [2.45, 2.75) is 18.8 Å². The second-order valence-corrected chi connectivity index (χ2v) is 8.44. The smallest absolute Gasteiger partial charge is 0.253 e. The molecule has 6 nitrogen and oxygen atoms in total. The molecule has 3 aromatic carbocycles. The zero-order valence-electron chi connectivity index (χ0n) is 18.5. The van der Waals surface area contributed by atoms with Gasteiger partial charge in [-0.2, -0.15) is 0 Å². The number of hydrogen-bond acceptors (Lipinski definition) is 3. The number of fused-ring (bicyclic) bond motifs is 1. The molecule has 1 aromatic heterocycles. The molecule has 2 N–H and O–H groups in total. The molecule has 0 aliphatic carbocycles. The average Bonchev–Trinajstić information content (AvgIpc) is 3.32. The molecule has 166 valence electrons. The maximum absolute atomic E-state index is 13.0. The van der Waals surface area contributed by atoms with E-state index in [2.05, 4.69) is 22.4 Å². The van der Waals surface area contributed by atoms with Crippen molar-refractivity contribution in [2.24, 2.45) is 0 Å². The van der Waals surface area contributed by atoms with Crippen molar-refractivity contribution in [2.75, 3.05) is 20.1 Å². The SMILES string of the molecule is CNC(=O)c1ccc2[nH]c(C3CCN(C(=O)c4ccc(-c5ccccc5)cc4)CC3)nc2c1. The summed E-state index contributed by atoms with van der Waals surface area (Å²) < 4.78 is 0. The predicted molar refractivity (Wildman–Crippen MR) is 129 cm³/mol. The Kier molecular flexibility index (Phi) is 5.65. The zero-order valence-corrected chi connectivity index (χ0v) is 18.5. The summed E-state index contributed by atoms with van der Waals surface area (Å²) >= 11 is 0. The van der Waals surface area contributed by atoms with Gasteiger partial charge in [0.15, 0.2) is 0 Å². The number of aromatic amines is 1. The topological polar surface area (TPSA) is 78.1 Å². The molecule has 33 heavy (non-hydrogen) atoms. The van der Waals surface area contributed by atoms with Crippen molar-refractivity contribution in [3.8, 4) is 11.1 Å². The third-order valence-electron chi connectivity index (χ3n) is 6.40. The van der Waals surface area contributed by atoms with E-state index in [1.807, 2.05) is 59.5 Å². The fourth-order valence-electron chi connectivity index (χ4n) is 4.48. The van der Waals surface area contributed by atoms with Gasteiger partial charge in [0.25, 0.3) is 11.8 Å². The highest BCUT2D eigenvalue weighted by atomic mass is 16.2. The minimum Gasteiger partial charge on any atom is -0.355 e. The summed E-state index contributed by atoms with van der Waals surface area (Å²) in [7, 11) is 1.62. The van der Waals surface area contributed by atoms with Crippen molar-refractivity contribution in [3.63, 3.8) is 0 Å². The van der Waals surface area contributed by atoms with E-state index >= 15 is 0 Å². The number of hydrogen-bond donors (Lipinski definition) is 2. The normalized spacial score (nSPS) is 14.4. The van der Waals surface area contributed by atoms with Crippen LogP contribution in [-0.2, 0) is 0 Å². The van der Waals surface area contributed by atoms with E-state index in [0.717, 1.165) is 46.4 Å². The van der Waals surface area contributed by atoms with Crippen LogP contribution < -0.4 is 5.32 Å². The molecule has 5 rings (SSSR count). The number of likely N-dealkylation sites (tertiary alicyclic amines) is 1. The molecule has 1 saturated heterocycles. The van der Waals surface area contributed by atoms with Crippen LogP contribution in [0.25, 0.3) is 22.2 Å². The van der Waals surface area contributed by atoms with Gasteiger partial charge >= 0.3 is 0 Å². The third kappa shape index (κ3) is 4.24. The third-order valence-corrected chi connectivity index (χ3v) is 6.40. The molecule has 0 radical (unpaired) electrons. The quantitative estimate of drug-likeness (QED) is 0.488. The molecule has 0 saturated carbocycles. The number of H-pyrrole nitrogens is 1. The first-order valence-electron chi connectivity index (χ1n) is 11.3. The second kappa shape index (κ2) is 8.90. The van der Waals surface area contributed by atoms with E-state index in [-0.39, 0.29) is 17.7 Å². The molecule has 0 bridgehead atoms. The van der Waals surface area contributed by atoms with Crippen LogP contribution in [0.2, 0.25) is 0 Å². The van der Waals surface area contributed by atoms with Crippen molar-refractivity contribution in [3.05, 3.63) is 89.7 Å². The van der Waals surface area contributed by atoms with Crippen LogP contribution in [-0.4, -0.2) is 46.8 Å². The first-order chi connectivity index (χ1) is 16.1. The summed E-state index contributed by atoms with van der Waals surface area (Å²) in [6.07, 6.45) is 1.71. The van der Waals surface area contributed by atoms with Gasteiger partial charge < -0.3 is 15.2 Å². The van der Waals surface area contributed by atoms with E-state index in [1.54, 1.807) is 13.1 Å². The van der Waals surface area contributed by atoms with Crippen LogP contribution in [0.3, 0.4) is 0 Å². The summed E-state index contributed by atoms with van der Waals surface area (Å²) in [6.45, 7) is 1.40. The average molecular weight is 439 g/mol. The van der Waals surface area contributed by atoms with Gasteiger partial charge in [0.1, 0.15) is 5.82 Å². The van der Waals surface area contributed by atoms with Gasteiger partial charge in [-0.15, -0.1) is 0 Å². The molecule has 1 fully saturated rings. The number of nitrogens with zero attached hydrogens (tertiary/aromatic N) is 2. The number of imidazole rings is 1. The first kappa shape index (κ1) is 20.9. The number of amides is 2. The highest BCUT2D eigenvalue weighted by Gasteiger charge is 2.26. The number of carbonyl (C=O) groups excluding carboxylic acids is 2. The number of benzene rings is 3. The van der Waals surface area contributed by atoms with Crippen molar-refractivity contribution >= 4 is 22.8 Å². The monoisotopic (exact) mass is 438 g/mol. The maximum Gasteiger partial charge on any atom is 0.253 e. The van der Waals surface area contributed by atoms with Crippen LogP contribution in [0, 0.1) is 0 Å². The molecule has 2 amide bonds. The number of aromatic nitrogens is 2. The summed E-state index contributed by atoms with van der Waals surface area (Å²) in [5.74, 6) is 1.15. The van der Waals surface area contributed by atoms with Crippen LogP contribution in [0.15, 0.2) is 72.8 Å². The number of rotatable bonds is 4. The molecule has 0 atom stereocenters. The van der Waals surface area contributed by atoms with E-state index in [9.17, 15) is 9.59 Å². The standard InChI is InChI=1S/C27H26N4O2/c1-28-26(32)22-11-12-23-24(17-22)30-25(29-23)20-13-15-31(16-14-20)27(33)21-9-7-19(8-10-21)18-5-3-2-4-6-18/h2-12,17,20H,13-16H2,1H3,(H,28,32)(H,29,30).